The monoisotopic (exact) mass is 274 g/mol. The fourth-order valence-electron chi connectivity index (χ4n) is 1.61. The van der Waals surface area contributed by atoms with Gasteiger partial charge in [0.15, 0.2) is 5.82 Å². The molecular weight excluding hydrogens is 256 g/mol. The van der Waals surface area contributed by atoms with Crippen LogP contribution in [0.4, 0.5) is 5.95 Å². The molecule has 0 amide bonds. The third kappa shape index (κ3) is 3.34. The molecule has 0 fully saturated rings. The van der Waals surface area contributed by atoms with Gasteiger partial charge in [0, 0.05) is 12.6 Å². The van der Waals surface area contributed by atoms with Gasteiger partial charge in [-0.15, -0.1) is 0 Å². The van der Waals surface area contributed by atoms with Crippen molar-refractivity contribution in [2.75, 3.05) is 26.1 Å². The highest BCUT2D eigenvalue weighted by molar-refractivity contribution is 5.57. The van der Waals surface area contributed by atoms with E-state index in [1.165, 1.54) is 7.11 Å². The predicted octanol–water partition coefficient (Wildman–Crippen LogP) is 2.38. The van der Waals surface area contributed by atoms with E-state index in [0.717, 1.165) is 17.7 Å². The zero-order chi connectivity index (χ0) is 14.4. The molecule has 20 heavy (non-hydrogen) atoms. The van der Waals surface area contributed by atoms with Crippen molar-refractivity contribution in [1.82, 2.24) is 15.0 Å². The lowest BCUT2D eigenvalue weighted by molar-refractivity contribution is 0.317. The normalized spacial score (nSPS) is 10.2. The molecule has 6 nitrogen and oxygen atoms in total. The molecule has 0 aliphatic carbocycles. The van der Waals surface area contributed by atoms with Gasteiger partial charge in [-0.05, 0) is 30.7 Å². The number of hydrogen-bond donors (Lipinski definition) is 1. The lowest BCUT2D eigenvalue weighted by atomic mass is 10.2. The van der Waals surface area contributed by atoms with Crippen LogP contribution in [0.2, 0.25) is 0 Å². The van der Waals surface area contributed by atoms with Crippen LogP contribution in [0, 0.1) is 0 Å². The molecule has 0 aliphatic heterocycles. The molecular formula is C14H18N4O2. The Labute approximate surface area is 118 Å². The standard InChI is InChI=1S/C14H18N4O2/c1-4-9-20-11-7-5-10(6-8-11)12-16-13(15-2)18-14(17-12)19-3/h5-8H,4,9H2,1-3H3,(H,15,16,17,18). The number of methoxy groups -OCH3 is 1. The van der Waals surface area contributed by atoms with Crippen LogP contribution >= 0.6 is 0 Å². The van der Waals surface area contributed by atoms with Gasteiger partial charge in [0.25, 0.3) is 0 Å². The number of nitrogens with one attached hydrogen (secondary N) is 1. The topological polar surface area (TPSA) is 69.2 Å². The van der Waals surface area contributed by atoms with Crippen LogP contribution in [-0.4, -0.2) is 35.7 Å². The fraction of sp³-hybridized carbons (Fsp3) is 0.357. The van der Waals surface area contributed by atoms with Crippen LogP contribution in [0.5, 0.6) is 11.8 Å². The molecule has 0 spiro atoms. The SMILES string of the molecule is CCCOc1ccc(-c2nc(NC)nc(OC)n2)cc1. The molecule has 0 atom stereocenters. The van der Waals surface area contributed by atoms with E-state index in [1.54, 1.807) is 7.05 Å². The van der Waals surface area contributed by atoms with Crippen molar-refractivity contribution in [3.63, 3.8) is 0 Å². The van der Waals surface area contributed by atoms with E-state index in [0.29, 0.717) is 18.4 Å². The smallest absolute Gasteiger partial charge is 0.321 e. The highest BCUT2D eigenvalue weighted by atomic mass is 16.5. The van der Waals surface area contributed by atoms with E-state index in [1.807, 2.05) is 24.3 Å². The van der Waals surface area contributed by atoms with Crippen molar-refractivity contribution >= 4 is 5.95 Å². The molecule has 2 rings (SSSR count). The first-order valence-corrected chi connectivity index (χ1v) is 6.48. The minimum Gasteiger partial charge on any atom is -0.494 e. The number of anilines is 1. The highest BCUT2D eigenvalue weighted by Crippen LogP contribution is 2.21. The third-order valence-electron chi connectivity index (χ3n) is 2.61. The lowest BCUT2D eigenvalue weighted by Gasteiger charge is -2.07. The average Bonchev–Trinajstić information content (AvgIpc) is 2.52. The maximum Gasteiger partial charge on any atom is 0.321 e. The Morgan fingerprint density at radius 3 is 2.45 bits per heavy atom. The molecule has 0 saturated carbocycles. The maximum absolute atomic E-state index is 5.55. The first-order valence-electron chi connectivity index (χ1n) is 6.48. The summed E-state index contributed by atoms with van der Waals surface area (Å²) in [5.41, 5.74) is 0.881. The van der Waals surface area contributed by atoms with Crippen LogP contribution in [0.3, 0.4) is 0 Å². The van der Waals surface area contributed by atoms with E-state index in [9.17, 15) is 0 Å². The number of rotatable bonds is 6. The summed E-state index contributed by atoms with van der Waals surface area (Å²) < 4.78 is 10.6. The van der Waals surface area contributed by atoms with E-state index in [-0.39, 0.29) is 6.01 Å². The summed E-state index contributed by atoms with van der Waals surface area (Å²) in [6.45, 7) is 2.79. The number of aromatic nitrogens is 3. The minimum absolute atomic E-state index is 0.283. The summed E-state index contributed by atoms with van der Waals surface area (Å²) in [5.74, 6) is 1.87. The van der Waals surface area contributed by atoms with Crippen molar-refractivity contribution in [1.29, 1.82) is 0 Å². The van der Waals surface area contributed by atoms with Gasteiger partial charge in [-0.1, -0.05) is 6.92 Å². The molecule has 0 radical (unpaired) electrons. The average molecular weight is 274 g/mol. The maximum atomic E-state index is 5.55. The van der Waals surface area contributed by atoms with Crippen molar-refractivity contribution in [3.8, 4) is 23.1 Å². The van der Waals surface area contributed by atoms with Gasteiger partial charge in [-0.3, -0.25) is 0 Å². The van der Waals surface area contributed by atoms with Crippen LogP contribution in [0.25, 0.3) is 11.4 Å². The molecule has 1 N–H and O–H groups in total. The molecule has 0 bridgehead atoms. The molecule has 0 saturated heterocycles. The summed E-state index contributed by atoms with van der Waals surface area (Å²) in [6.07, 6.45) is 0.984. The third-order valence-corrected chi connectivity index (χ3v) is 2.61. The van der Waals surface area contributed by atoms with E-state index in [4.69, 9.17) is 9.47 Å². The molecule has 2 aromatic rings. The lowest BCUT2D eigenvalue weighted by Crippen LogP contribution is -2.03. The zero-order valence-electron chi connectivity index (χ0n) is 11.9. The van der Waals surface area contributed by atoms with Crippen LogP contribution in [-0.2, 0) is 0 Å². The van der Waals surface area contributed by atoms with Crippen LogP contribution < -0.4 is 14.8 Å². The second-order valence-electron chi connectivity index (χ2n) is 4.09. The van der Waals surface area contributed by atoms with Gasteiger partial charge in [0.1, 0.15) is 5.75 Å². The van der Waals surface area contributed by atoms with E-state index < -0.39 is 0 Å². The van der Waals surface area contributed by atoms with Gasteiger partial charge < -0.3 is 14.8 Å². The summed E-state index contributed by atoms with van der Waals surface area (Å²) in [6, 6.07) is 7.92. The van der Waals surface area contributed by atoms with Crippen LogP contribution in [0.15, 0.2) is 24.3 Å². The van der Waals surface area contributed by atoms with E-state index in [2.05, 4.69) is 27.2 Å². The van der Waals surface area contributed by atoms with Crippen molar-refractivity contribution in [3.05, 3.63) is 24.3 Å². The molecule has 0 unspecified atom stereocenters. The van der Waals surface area contributed by atoms with Gasteiger partial charge in [0.2, 0.25) is 5.95 Å². The summed E-state index contributed by atoms with van der Waals surface area (Å²) in [4.78, 5) is 12.6. The Morgan fingerprint density at radius 1 is 1.10 bits per heavy atom. The Kier molecular flexibility index (Phi) is 4.70. The Hall–Kier alpha value is -2.37. The number of benzene rings is 1. The summed E-state index contributed by atoms with van der Waals surface area (Å²) in [5, 5.41) is 2.88. The first kappa shape index (κ1) is 14.0. The molecule has 1 aromatic carbocycles. The second-order valence-corrected chi connectivity index (χ2v) is 4.09. The van der Waals surface area contributed by atoms with E-state index >= 15 is 0 Å². The van der Waals surface area contributed by atoms with Gasteiger partial charge in [-0.25, -0.2) is 0 Å². The van der Waals surface area contributed by atoms with Crippen molar-refractivity contribution in [2.45, 2.75) is 13.3 Å². The number of hydrogen-bond acceptors (Lipinski definition) is 6. The Balaban J connectivity index is 2.26. The van der Waals surface area contributed by atoms with Gasteiger partial charge in [-0.2, -0.15) is 15.0 Å². The van der Waals surface area contributed by atoms with Gasteiger partial charge >= 0.3 is 6.01 Å². The second kappa shape index (κ2) is 6.70. The first-order chi connectivity index (χ1) is 9.76. The van der Waals surface area contributed by atoms with Crippen molar-refractivity contribution in [2.24, 2.45) is 0 Å². The molecule has 0 aliphatic rings. The molecule has 106 valence electrons. The predicted molar refractivity (Wildman–Crippen MR) is 77.1 cm³/mol. The quantitative estimate of drug-likeness (QED) is 0.872. The highest BCUT2D eigenvalue weighted by Gasteiger charge is 2.08. The molecule has 1 heterocycles. The molecule has 1 aromatic heterocycles. The molecule has 6 heteroatoms. The zero-order valence-corrected chi connectivity index (χ0v) is 11.9. The fourth-order valence-corrected chi connectivity index (χ4v) is 1.61. The number of nitrogens with zero attached hydrogens (tertiary/aromatic N) is 3. The summed E-state index contributed by atoms with van der Waals surface area (Å²) in [7, 11) is 3.28. The minimum atomic E-state index is 0.283. The Bertz CT molecular complexity index is 535. The van der Waals surface area contributed by atoms with Crippen molar-refractivity contribution < 1.29 is 9.47 Å². The largest absolute Gasteiger partial charge is 0.494 e. The summed E-state index contributed by atoms with van der Waals surface area (Å²) >= 11 is 0. The van der Waals surface area contributed by atoms with Crippen LogP contribution in [0.1, 0.15) is 13.3 Å². The van der Waals surface area contributed by atoms with Gasteiger partial charge in [0.05, 0.1) is 13.7 Å². The number of ether oxygens (including phenoxy) is 2. The Morgan fingerprint density at radius 2 is 1.85 bits per heavy atom.